The number of carbonyl (C=O) groups excluding carboxylic acids is 2. The van der Waals surface area contributed by atoms with Crippen LogP contribution in [0.3, 0.4) is 0 Å². The Morgan fingerprint density at radius 3 is 2.23 bits per heavy atom. The molecule has 0 spiro atoms. The summed E-state index contributed by atoms with van der Waals surface area (Å²) in [4.78, 5) is 28.2. The highest BCUT2D eigenvalue weighted by molar-refractivity contribution is 7.98. The molecule has 1 aromatic carbocycles. The van der Waals surface area contributed by atoms with Gasteiger partial charge in [0.15, 0.2) is 0 Å². The van der Waals surface area contributed by atoms with Crippen molar-refractivity contribution in [2.24, 2.45) is 0 Å². The first-order valence-corrected chi connectivity index (χ1v) is 11.2. The van der Waals surface area contributed by atoms with Gasteiger partial charge in [0.1, 0.15) is 23.7 Å². The smallest absolute Gasteiger partial charge is 0.255 e. The van der Waals surface area contributed by atoms with E-state index in [1.165, 1.54) is 0 Å². The Hall–Kier alpha value is -2.29. The Morgan fingerprint density at radius 2 is 1.70 bits per heavy atom. The molecule has 160 valence electrons. The lowest BCUT2D eigenvalue weighted by Gasteiger charge is -2.19. The maximum Gasteiger partial charge on any atom is 0.255 e. The van der Waals surface area contributed by atoms with Crippen molar-refractivity contribution in [3.8, 4) is 0 Å². The van der Waals surface area contributed by atoms with Gasteiger partial charge in [0.05, 0.1) is 24.8 Å². The van der Waals surface area contributed by atoms with Gasteiger partial charge in [-0.15, -0.1) is 11.8 Å². The van der Waals surface area contributed by atoms with E-state index in [9.17, 15) is 9.59 Å². The second-order valence-corrected chi connectivity index (χ2v) is 8.56. The second-order valence-electron chi connectivity index (χ2n) is 7.68. The summed E-state index contributed by atoms with van der Waals surface area (Å²) >= 11 is 1.64. The van der Waals surface area contributed by atoms with Crippen LogP contribution < -0.4 is 5.32 Å². The van der Waals surface area contributed by atoms with Gasteiger partial charge in [-0.3, -0.25) is 9.59 Å². The third-order valence-corrected chi connectivity index (χ3v) is 6.23. The fourth-order valence-electron chi connectivity index (χ4n) is 3.88. The Bertz CT molecular complexity index is 910. The van der Waals surface area contributed by atoms with Crippen LogP contribution in [0.25, 0.3) is 0 Å². The molecule has 2 aliphatic rings. The van der Waals surface area contributed by atoms with E-state index in [2.05, 4.69) is 5.32 Å². The number of hydrogen-bond donors (Lipinski definition) is 1. The number of carbonyl (C=O) groups is 2. The Morgan fingerprint density at radius 1 is 1.07 bits per heavy atom. The van der Waals surface area contributed by atoms with E-state index in [0.29, 0.717) is 49.0 Å². The fraction of sp³-hybridized carbons (Fsp3) is 0.455. The van der Waals surface area contributed by atoms with Gasteiger partial charge in [-0.2, -0.15) is 0 Å². The molecule has 2 saturated heterocycles. The lowest BCUT2D eigenvalue weighted by molar-refractivity contribution is -0.00461. The van der Waals surface area contributed by atoms with Gasteiger partial charge in [0.25, 0.3) is 11.8 Å². The zero-order valence-corrected chi connectivity index (χ0v) is 18.2. The summed E-state index contributed by atoms with van der Waals surface area (Å²) in [5, 5.41) is 2.96. The number of hydrogen-bond acceptors (Lipinski definition) is 6. The average Bonchev–Trinajstić information content (AvgIpc) is 3.26. The second kappa shape index (κ2) is 8.83. The van der Waals surface area contributed by atoms with Gasteiger partial charge in [0, 0.05) is 23.5 Å². The molecule has 2 fully saturated rings. The quantitative estimate of drug-likeness (QED) is 0.751. The average molecular weight is 431 g/mol. The molecule has 8 heteroatoms. The molecule has 1 N–H and O–H groups in total. The minimum absolute atomic E-state index is 0.0152. The normalized spacial score (nSPS) is 21.9. The SMILES string of the molecule is CSc1ccc(C(=O)N2C[C@@H]3OCC(NC(=O)c4cc(C)oc4C)CO[C@H]3C2)cc1. The number of nitrogens with one attached hydrogen (secondary N) is 1. The first-order valence-electron chi connectivity index (χ1n) is 9.99. The van der Waals surface area contributed by atoms with E-state index in [-0.39, 0.29) is 30.1 Å². The standard InChI is InChI=1S/C22H26N2O5S/c1-13-8-18(14(2)29-13)21(25)23-16-11-27-19-9-24(10-20(19)28-12-16)22(26)15-4-6-17(30-3)7-5-15/h4-8,16,19-20H,9-12H2,1-3H3,(H,23,25)/t19-,20-/m0/s1. The maximum atomic E-state index is 12.8. The molecule has 2 aliphatic heterocycles. The molecule has 3 heterocycles. The van der Waals surface area contributed by atoms with Crippen molar-refractivity contribution in [3.05, 3.63) is 53.0 Å². The molecule has 7 nitrogen and oxygen atoms in total. The van der Waals surface area contributed by atoms with Crippen LogP contribution in [-0.4, -0.2) is 67.5 Å². The first-order chi connectivity index (χ1) is 14.4. The molecule has 2 atom stereocenters. The van der Waals surface area contributed by atoms with E-state index in [4.69, 9.17) is 13.9 Å². The van der Waals surface area contributed by atoms with Crippen LogP contribution in [-0.2, 0) is 9.47 Å². The van der Waals surface area contributed by atoms with Crippen LogP contribution in [0.5, 0.6) is 0 Å². The number of ether oxygens (including phenoxy) is 2. The number of furan rings is 1. The maximum absolute atomic E-state index is 12.8. The summed E-state index contributed by atoms with van der Waals surface area (Å²) < 4.78 is 17.4. The van der Waals surface area contributed by atoms with E-state index in [1.807, 2.05) is 37.4 Å². The van der Waals surface area contributed by atoms with Crippen LogP contribution >= 0.6 is 11.8 Å². The van der Waals surface area contributed by atoms with Crippen molar-refractivity contribution < 1.29 is 23.5 Å². The molecule has 30 heavy (non-hydrogen) atoms. The van der Waals surface area contributed by atoms with Crippen LogP contribution in [0.15, 0.2) is 39.6 Å². The predicted molar refractivity (Wildman–Crippen MR) is 113 cm³/mol. The van der Waals surface area contributed by atoms with Crippen LogP contribution in [0.4, 0.5) is 0 Å². The Balaban J connectivity index is 1.33. The molecular formula is C22H26N2O5S. The third kappa shape index (κ3) is 4.40. The van der Waals surface area contributed by atoms with Crippen molar-refractivity contribution in [1.82, 2.24) is 10.2 Å². The number of rotatable bonds is 4. The summed E-state index contributed by atoms with van der Waals surface area (Å²) in [6.45, 7) is 5.23. The highest BCUT2D eigenvalue weighted by atomic mass is 32.2. The van der Waals surface area contributed by atoms with E-state index < -0.39 is 0 Å². The van der Waals surface area contributed by atoms with E-state index in [0.717, 1.165) is 4.90 Å². The highest BCUT2D eigenvalue weighted by Crippen LogP contribution is 2.23. The van der Waals surface area contributed by atoms with Gasteiger partial charge in [-0.1, -0.05) is 0 Å². The molecule has 0 aliphatic carbocycles. The van der Waals surface area contributed by atoms with Crippen molar-refractivity contribution in [3.63, 3.8) is 0 Å². The molecule has 0 unspecified atom stereocenters. The van der Waals surface area contributed by atoms with Crippen molar-refractivity contribution in [2.75, 3.05) is 32.6 Å². The zero-order chi connectivity index (χ0) is 21.3. The number of benzene rings is 1. The topological polar surface area (TPSA) is 81.0 Å². The lowest BCUT2D eigenvalue weighted by atomic mass is 10.2. The molecule has 2 amide bonds. The number of likely N-dealkylation sites (tertiary alicyclic amines) is 1. The van der Waals surface area contributed by atoms with Gasteiger partial charge >= 0.3 is 0 Å². The number of nitrogens with zero attached hydrogens (tertiary/aromatic N) is 1. The number of amides is 2. The van der Waals surface area contributed by atoms with Crippen molar-refractivity contribution >= 4 is 23.6 Å². The Kier molecular flexibility index (Phi) is 6.17. The predicted octanol–water partition coefficient (Wildman–Crippen LogP) is 2.66. The summed E-state index contributed by atoms with van der Waals surface area (Å²) in [5.74, 6) is 1.09. The van der Waals surface area contributed by atoms with Crippen LogP contribution in [0.1, 0.15) is 32.2 Å². The first kappa shape index (κ1) is 21.0. The molecular weight excluding hydrogens is 404 g/mol. The largest absolute Gasteiger partial charge is 0.466 e. The third-order valence-electron chi connectivity index (χ3n) is 5.48. The minimum atomic E-state index is -0.249. The van der Waals surface area contributed by atoms with Crippen LogP contribution in [0.2, 0.25) is 0 Å². The molecule has 1 aromatic heterocycles. The number of aryl methyl sites for hydroxylation is 2. The summed E-state index contributed by atoms with van der Waals surface area (Å²) in [6.07, 6.45) is 1.62. The number of thioether (sulfide) groups is 1. The van der Waals surface area contributed by atoms with Crippen molar-refractivity contribution in [2.45, 2.75) is 37.0 Å². The number of fused-ring (bicyclic) bond motifs is 1. The molecule has 4 rings (SSSR count). The van der Waals surface area contributed by atoms with E-state index in [1.54, 1.807) is 29.7 Å². The zero-order valence-electron chi connectivity index (χ0n) is 17.3. The Labute approximate surface area is 180 Å². The highest BCUT2D eigenvalue weighted by Gasteiger charge is 2.39. The summed E-state index contributed by atoms with van der Waals surface area (Å²) in [7, 11) is 0. The summed E-state index contributed by atoms with van der Waals surface area (Å²) in [5.41, 5.74) is 1.20. The molecule has 0 radical (unpaired) electrons. The lowest BCUT2D eigenvalue weighted by Crippen LogP contribution is -2.41. The van der Waals surface area contributed by atoms with Gasteiger partial charge in [0.2, 0.25) is 0 Å². The molecule has 0 saturated carbocycles. The van der Waals surface area contributed by atoms with Gasteiger partial charge < -0.3 is 24.1 Å². The molecule has 0 bridgehead atoms. The van der Waals surface area contributed by atoms with Gasteiger partial charge in [-0.05, 0) is 50.4 Å². The van der Waals surface area contributed by atoms with Crippen molar-refractivity contribution in [1.29, 1.82) is 0 Å². The fourth-order valence-corrected chi connectivity index (χ4v) is 4.28. The van der Waals surface area contributed by atoms with Gasteiger partial charge in [-0.25, -0.2) is 0 Å². The monoisotopic (exact) mass is 430 g/mol. The minimum Gasteiger partial charge on any atom is -0.466 e. The van der Waals surface area contributed by atoms with E-state index >= 15 is 0 Å². The molecule has 2 aromatic rings. The summed E-state index contributed by atoms with van der Waals surface area (Å²) in [6, 6.07) is 9.10. The van der Waals surface area contributed by atoms with Crippen LogP contribution in [0, 0.1) is 13.8 Å².